The SMILES string of the molecule is CCCCNC(=O)/C(C#N)=C\NCc1cccc(F)c1. The maximum atomic E-state index is 13.0. The maximum Gasteiger partial charge on any atom is 0.263 e. The van der Waals surface area contributed by atoms with Gasteiger partial charge in [-0.3, -0.25) is 4.79 Å². The normalized spacial score (nSPS) is 10.8. The Morgan fingerprint density at radius 1 is 1.50 bits per heavy atom. The number of nitrogens with zero attached hydrogens (tertiary/aromatic N) is 1. The Hall–Kier alpha value is -2.35. The highest BCUT2D eigenvalue weighted by atomic mass is 19.1. The van der Waals surface area contributed by atoms with Gasteiger partial charge in [-0.15, -0.1) is 0 Å². The predicted octanol–water partition coefficient (Wildman–Crippen LogP) is 2.24. The molecule has 0 aliphatic carbocycles. The number of unbranched alkanes of at least 4 members (excludes halogenated alkanes) is 1. The molecule has 0 spiro atoms. The van der Waals surface area contributed by atoms with E-state index in [0.717, 1.165) is 18.4 Å². The zero-order valence-corrected chi connectivity index (χ0v) is 11.4. The Balaban J connectivity index is 2.49. The number of hydrogen-bond donors (Lipinski definition) is 2. The average molecular weight is 275 g/mol. The summed E-state index contributed by atoms with van der Waals surface area (Å²) in [5.41, 5.74) is 0.752. The number of rotatable bonds is 7. The molecule has 0 aromatic heterocycles. The minimum absolute atomic E-state index is 0.0116. The molecule has 1 aromatic rings. The molecule has 0 atom stereocenters. The average Bonchev–Trinajstić information content (AvgIpc) is 2.44. The van der Waals surface area contributed by atoms with Crippen molar-refractivity contribution in [1.29, 1.82) is 5.26 Å². The van der Waals surface area contributed by atoms with Crippen LogP contribution in [0, 0.1) is 17.1 Å². The molecular formula is C15H18FN3O. The molecule has 1 aromatic carbocycles. The first-order valence-electron chi connectivity index (χ1n) is 6.53. The van der Waals surface area contributed by atoms with E-state index in [9.17, 15) is 9.18 Å². The minimum atomic E-state index is -0.396. The van der Waals surface area contributed by atoms with Gasteiger partial charge in [0, 0.05) is 19.3 Å². The minimum Gasteiger partial charge on any atom is -0.386 e. The van der Waals surface area contributed by atoms with Crippen molar-refractivity contribution < 1.29 is 9.18 Å². The Kier molecular flexibility index (Phi) is 6.83. The molecule has 106 valence electrons. The molecule has 0 radical (unpaired) electrons. The molecule has 1 rings (SSSR count). The number of benzene rings is 1. The highest BCUT2D eigenvalue weighted by Gasteiger charge is 2.07. The lowest BCUT2D eigenvalue weighted by Crippen LogP contribution is -2.26. The van der Waals surface area contributed by atoms with Gasteiger partial charge >= 0.3 is 0 Å². The molecule has 2 N–H and O–H groups in total. The Morgan fingerprint density at radius 2 is 2.30 bits per heavy atom. The van der Waals surface area contributed by atoms with E-state index in [2.05, 4.69) is 10.6 Å². The van der Waals surface area contributed by atoms with Crippen LogP contribution in [0.1, 0.15) is 25.3 Å². The highest BCUT2D eigenvalue weighted by molar-refractivity contribution is 5.97. The number of hydrogen-bond acceptors (Lipinski definition) is 3. The topological polar surface area (TPSA) is 64.9 Å². The third-order valence-electron chi connectivity index (χ3n) is 2.62. The smallest absolute Gasteiger partial charge is 0.263 e. The van der Waals surface area contributed by atoms with Crippen LogP contribution in [0.25, 0.3) is 0 Å². The van der Waals surface area contributed by atoms with Gasteiger partial charge in [-0.05, 0) is 24.1 Å². The number of nitriles is 1. The lowest BCUT2D eigenvalue weighted by Gasteiger charge is -2.04. The summed E-state index contributed by atoms with van der Waals surface area (Å²) >= 11 is 0. The van der Waals surface area contributed by atoms with Gasteiger partial charge in [0.1, 0.15) is 17.5 Å². The van der Waals surface area contributed by atoms with Crippen molar-refractivity contribution in [2.75, 3.05) is 6.54 Å². The predicted molar refractivity (Wildman–Crippen MR) is 74.9 cm³/mol. The fourth-order valence-corrected chi connectivity index (χ4v) is 1.54. The van der Waals surface area contributed by atoms with E-state index in [0.29, 0.717) is 13.1 Å². The summed E-state index contributed by atoms with van der Waals surface area (Å²) in [6.07, 6.45) is 3.21. The summed E-state index contributed by atoms with van der Waals surface area (Å²) in [7, 11) is 0. The molecule has 0 saturated carbocycles. The molecule has 4 nitrogen and oxygen atoms in total. The zero-order valence-electron chi connectivity index (χ0n) is 11.4. The lowest BCUT2D eigenvalue weighted by atomic mass is 10.2. The van der Waals surface area contributed by atoms with Crippen LogP contribution in [0.5, 0.6) is 0 Å². The fraction of sp³-hybridized carbons (Fsp3) is 0.333. The summed E-state index contributed by atoms with van der Waals surface area (Å²) in [6.45, 7) is 2.93. The van der Waals surface area contributed by atoms with Gasteiger partial charge in [0.15, 0.2) is 0 Å². The van der Waals surface area contributed by atoms with Crippen LogP contribution in [0.3, 0.4) is 0 Å². The van der Waals surface area contributed by atoms with Gasteiger partial charge < -0.3 is 10.6 Å². The van der Waals surface area contributed by atoms with Crippen molar-refractivity contribution in [1.82, 2.24) is 10.6 Å². The standard InChI is InChI=1S/C15H18FN3O/c1-2-3-7-19-15(20)13(9-17)11-18-10-12-5-4-6-14(16)8-12/h4-6,8,11,18H,2-3,7,10H2,1H3,(H,19,20)/b13-11-. The van der Waals surface area contributed by atoms with Gasteiger partial charge in [0.05, 0.1) is 0 Å². The lowest BCUT2D eigenvalue weighted by molar-refractivity contribution is -0.117. The van der Waals surface area contributed by atoms with E-state index in [1.54, 1.807) is 12.1 Å². The molecule has 0 saturated heterocycles. The van der Waals surface area contributed by atoms with Crippen LogP contribution < -0.4 is 10.6 Å². The highest BCUT2D eigenvalue weighted by Crippen LogP contribution is 2.03. The van der Waals surface area contributed by atoms with E-state index in [1.165, 1.54) is 18.3 Å². The van der Waals surface area contributed by atoms with Crippen LogP contribution >= 0.6 is 0 Å². The molecule has 0 unspecified atom stereocenters. The molecular weight excluding hydrogens is 257 g/mol. The van der Waals surface area contributed by atoms with Crippen molar-refractivity contribution in [2.24, 2.45) is 0 Å². The number of amides is 1. The second-order valence-corrected chi connectivity index (χ2v) is 4.29. The largest absolute Gasteiger partial charge is 0.386 e. The van der Waals surface area contributed by atoms with Gasteiger partial charge in [0.2, 0.25) is 0 Å². The Bertz CT molecular complexity index is 520. The van der Waals surface area contributed by atoms with Crippen LogP contribution in [-0.4, -0.2) is 12.5 Å². The molecule has 0 aliphatic rings. The second-order valence-electron chi connectivity index (χ2n) is 4.29. The Morgan fingerprint density at radius 3 is 2.95 bits per heavy atom. The van der Waals surface area contributed by atoms with E-state index in [4.69, 9.17) is 5.26 Å². The Labute approximate surface area is 118 Å². The first kappa shape index (κ1) is 15.7. The number of halogens is 1. The van der Waals surface area contributed by atoms with E-state index in [-0.39, 0.29) is 11.4 Å². The van der Waals surface area contributed by atoms with Gasteiger partial charge in [-0.25, -0.2) is 4.39 Å². The molecule has 20 heavy (non-hydrogen) atoms. The molecule has 0 aliphatic heterocycles. The third kappa shape index (κ3) is 5.53. The number of carbonyl (C=O) groups excluding carboxylic acids is 1. The van der Waals surface area contributed by atoms with Gasteiger partial charge in [-0.1, -0.05) is 25.5 Å². The monoisotopic (exact) mass is 275 g/mol. The molecule has 5 heteroatoms. The molecule has 1 amide bonds. The van der Waals surface area contributed by atoms with Crippen LogP contribution in [0.2, 0.25) is 0 Å². The second kappa shape index (κ2) is 8.70. The van der Waals surface area contributed by atoms with E-state index >= 15 is 0 Å². The van der Waals surface area contributed by atoms with Crippen molar-refractivity contribution >= 4 is 5.91 Å². The van der Waals surface area contributed by atoms with Crippen LogP contribution in [-0.2, 0) is 11.3 Å². The molecule has 0 fully saturated rings. The van der Waals surface area contributed by atoms with Crippen molar-refractivity contribution in [3.63, 3.8) is 0 Å². The first-order valence-corrected chi connectivity index (χ1v) is 6.53. The third-order valence-corrected chi connectivity index (χ3v) is 2.62. The fourth-order valence-electron chi connectivity index (χ4n) is 1.54. The van der Waals surface area contributed by atoms with Crippen molar-refractivity contribution in [2.45, 2.75) is 26.3 Å². The first-order chi connectivity index (χ1) is 9.67. The molecule has 0 heterocycles. The molecule has 0 bridgehead atoms. The van der Waals surface area contributed by atoms with E-state index < -0.39 is 5.91 Å². The summed E-state index contributed by atoms with van der Waals surface area (Å²) in [4.78, 5) is 11.6. The summed E-state index contributed by atoms with van der Waals surface area (Å²) in [6, 6.07) is 7.97. The number of nitrogens with one attached hydrogen (secondary N) is 2. The van der Waals surface area contributed by atoms with Crippen LogP contribution in [0.15, 0.2) is 36.0 Å². The summed E-state index contributed by atoms with van der Waals surface area (Å²) < 4.78 is 13.0. The maximum absolute atomic E-state index is 13.0. The van der Waals surface area contributed by atoms with E-state index in [1.807, 2.05) is 13.0 Å². The summed E-state index contributed by atoms with van der Waals surface area (Å²) in [5.74, 6) is -0.709. The van der Waals surface area contributed by atoms with Crippen LogP contribution in [0.4, 0.5) is 4.39 Å². The zero-order chi connectivity index (χ0) is 14.8. The van der Waals surface area contributed by atoms with Gasteiger partial charge in [0.25, 0.3) is 5.91 Å². The van der Waals surface area contributed by atoms with Gasteiger partial charge in [-0.2, -0.15) is 5.26 Å². The number of carbonyl (C=O) groups is 1. The quantitative estimate of drug-likeness (QED) is 0.455. The van der Waals surface area contributed by atoms with Crippen molar-refractivity contribution in [3.8, 4) is 6.07 Å². The van der Waals surface area contributed by atoms with Crippen molar-refractivity contribution in [3.05, 3.63) is 47.4 Å². The summed E-state index contributed by atoms with van der Waals surface area (Å²) in [5, 5.41) is 14.4.